The van der Waals surface area contributed by atoms with Crippen molar-refractivity contribution in [3.8, 4) is 0 Å². The van der Waals surface area contributed by atoms with E-state index in [1.54, 1.807) is 0 Å². The fourth-order valence-corrected chi connectivity index (χ4v) is 2.63. The van der Waals surface area contributed by atoms with Crippen molar-refractivity contribution in [2.24, 2.45) is 5.73 Å². The second-order valence-corrected chi connectivity index (χ2v) is 6.21. The third-order valence-electron chi connectivity index (χ3n) is 4.10. The number of aliphatic hydroxyl groups excluding tert-OH is 1. The van der Waals surface area contributed by atoms with Gasteiger partial charge in [0.2, 0.25) is 17.7 Å². The minimum Gasteiger partial charge on any atom is -0.481 e. The highest BCUT2D eigenvalue weighted by atomic mass is 16.4. The number of hydrogen-bond donors (Lipinski definition) is 6. The van der Waals surface area contributed by atoms with Gasteiger partial charge in [0, 0.05) is 6.54 Å². The van der Waals surface area contributed by atoms with Crippen LogP contribution in [0.3, 0.4) is 0 Å². The third kappa shape index (κ3) is 6.18. The maximum Gasteiger partial charge on any atom is 0.325 e. The van der Waals surface area contributed by atoms with Crippen molar-refractivity contribution in [3.05, 3.63) is 0 Å². The SMILES string of the molecule is CC(NC(=O)C(CO)NC(=O)C1CCCN1C(=O)C(N)CC(=O)O)C(=O)O. The van der Waals surface area contributed by atoms with Crippen LogP contribution in [-0.2, 0) is 24.0 Å². The van der Waals surface area contributed by atoms with E-state index in [2.05, 4.69) is 10.6 Å². The molecule has 0 bridgehead atoms. The number of hydrogen-bond acceptors (Lipinski definition) is 7. The van der Waals surface area contributed by atoms with Gasteiger partial charge >= 0.3 is 11.9 Å². The van der Waals surface area contributed by atoms with Gasteiger partial charge in [0.1, 0.15) is 18.1 Å². The van der Waals surface area contributed by atoms with E-state index in [0.717, 1.165) is 4.90 Å². The summed E-state index contributed by atoms with van der Waals surface area (Å²) in [6.45, 7) is 0.650. The molecule has 3 amide bonds. The van der Waals surface area contributed by atoms with Gasteiger partial charge in [-0.3, -0.25) is 24.0 Å². The second kappa shape index (κ2) is 9.83. The second-order valence-electron chi connectivity index (χ2n) is 6.21. The normalized spacial score (nSPS) is 19.7. The number of rotatable bonds is 9. The molecule has 12 heteroatoms. The van der Waals surface area contributed by atoms with E-state index in [1.807, 2.05) is 0 Å². The number of nitrogens with one attached hydrogen (secondary N) is 2. The van der Waals surface area contributed by atoms with Crippen LogP contribution in [0.25, 0.3) is 0 Å². The van der Waals surface area contributed by atoms with Crippen LogP contribution in [0.4, 0.5) is 0 Å². The van der Waals surface area contributed by atoms with Crippen LogP contribution >= 0.6 is 0 Å². The summed E-state index contributed by atoms with van der Waals surface area (Å²) >= 11 is 0. The van der Waals surface area contributed by atoms with E-state index in [-0.39, 0.29) is 13.0 Å². The molecule has 152 valence electrons. The van der Waals surface area contributed by atoms with Crippen LogP contribution < -0.4 is 16.4 Å². The Morgan fingerprint density at radius 1 is 1.19 bits per heavy atom. The molecule has 0 aromatic carbocycles. The molecule has 1 rings (SSSR count). The molecule has 0 aromatic heterocycles. The zero-order valence-electron chi connectivity index (χ0n) is 14.8. The van der Waals surface area contributed by atoms with Gasteiger partial charge in [-0.25, -0.2) is 0 Å². The maximum atomic E-state index is 12.4. The molecule has 1 saturated heterocycles. The predicted molar refractivity (Wildman–Crippen MR) is 89.2 cm³/mol. The van der Waals surface area contributed by atoms with E-state index >= 15 is 0 Å². The maximum absolute atomic E-state index is 12.4. The Balaban J connectivity index is 2.75. The lowest BCUT2D eigenvalue weighted by atomic mass is 10.1. The van der Waals surface area contributed by atoms with Gasteiger partial charge < -0.3 is 36.6 Å². The van der Waals surface area contributed by atoms with E-state index in [4.69, 9.17) is 15.9 Å². The van der Waals surface area contributed by atoms with Gasteiger partial charge in [-0.15, -0.1) is 0 Å². The molecule has 0 aromatic rings. The van der Waals surface area contributed by atoms with E-state index in [9.17, 15) is 29.1 Å². The van der Waals surface area contributed by atoms with Crippen molar-refractivity contribution in [1.82, 2.24) is 15.5 Å². The molecular formula is C15H24N4O8. The van der Waals surface area contributed by atoms with Gasteiger partial charge in [0.25, 0.3) is 0 Å². The fourth-order valence-electron chi connectivity index (χ4n) is 2.63. The standard InChI is InChI=1S/C15H24N4O8/c1-7(15(26)27)17-12(23)9(6-20)18-13(24)10-3-2-4-19(10)14(25)8(16)5-11(21)22/h7-10,20H,2-6,16H2,1H3,(H,17,23)(H,18,24)(H,21,22)(H,26,27). The summed E-state index contributed by atoms with van der Waals surface area (Å²) in [5.74, 6) is -4.84. The van der Waals surface area contributed by atoms with Crippen LogP contribution in [-0.4, -0.2) is 87.2 Å². The number of carboxylic acid groups (broad SMARTS) is 2. The van der Waals surface area contributed by atoms with E-state index in [1.165, 1.54) is 6.92 Å². The summed E-state index contributed by atoms with van der Waals surface area (Å²) in [5, 5.41) is 31.2. The lowest BCUT2D eigenvalue weighted by molar-refractivity contribution is -0.144. The third-order valence-corrected chi connectivity index (χ3v) is 4.10. The molecule has 4 atom stereocenters. The lowest BCUT2D eigenvalue weighted by Crippen LogP contribution is -2.57. The van der Waals surface area contributed by atoms with E-state index in [0.29, 0.717) is 6.42 Å². The Hall–Kier alpha value is -2.73. The average molecular weight is 388 g/mol. The summed E-state index contributed by atoms with van der Waals surface area (Å²) in [5.41, 5.74) is 5.56. The Kier molecular flexibility index (Phi) is 8.12. The Morgan fingerprint density at radius 3 is 2.33 bits per heavy atom. The summed E-state index contributed by atoms with van der Waals surface area (Å²) in [6, 6.07) is -4.88. The summed E-state index contributed by atoms with van der Waals surface area (Å²) in [4.78, 5) is 59.3. The Morgan fingerprint density at radius 2 is 1.81 bits per heavy atom. The number of carboxylic acids is 2. The fraction of sp³-hybridized carbons (Fsp3) is 0.667. The highest BCUT2D eigenvalue weighted by Gasteiger charge is 2.38. The van der Waals surface area contributed by atoms with Gasteiger partial charge in [-0.2, -0.15) is 0 Å². The molecule has 1 aliphatic heterocycles. The number of carbonyl (C=O) groups is 5. The number of nitrogens with zero attached hydrogens (tertiary/aromatic N) is 1. The molecule has 1 fully saturated rings. The number of carbonyl (C=O) groups excluding carboxylic acids is 3. The molecule has 0 saturated carbocycles. The molecule has 1 aliphatic rings. The van der Waals surface area contributed by atoms with Crippen LogP contribution in [0, 0.1) is 0 Å². The molecule has 27 heavy (non-hydrogen) atoms. The quantitative estimate of drug-likeness (QED) is 0.236. The smallest absolute Gasteiger partial charge is 0.325 e. The molecule has 7 N–H and O–H groups in total. The minimum atomic E-state index is -1.40. The van der Waals surface area contributed by atoms with Crippen molar-refractivity contribution < 1.29 is 39.3 Å². The van der Waals surface area contributed by atoms with E-state index < -0.39 is 66.9 Å². The topological polar surface area (TPSA) is 199 Å². The first-order chi connectivity index (χ1) is 12.6. The average Bonchev–Trinajstić information content (AvgIpc) is 3.07. The number of likely N-dealkylation sites (tertiary alicyclic amines) is 1. The van der Waals surface area contributed by atoms with Gasteiger partial charge in [0.05, 0.1) is 19.1 Å². The zero-order chi connectivity index (χ0) is 20.7. The number of amides is 3. The largest absolute Gasteiger partial charge is 0.481 e. The van der Waals surface area contributed by atoms with Crippen molar-refractivity contribution in [1.29, 1.82) is 0 Å². The first kappa shape index (κ1) is 22.3. The molecule has 0 radical (unpaired) electrons. The first-order valence-corrected chi connectivity index (χ1v) is 8.30. The molecule has 12 nitrogen and oxygen atoms in total. The Bertz CT molecular complexity index is 611. The summed E-state index contributed by atoms with van der Waals surface area (Å²) < 4.78 is 0. The number of aliphatic hydroxyl groups is 1. The number of nitrogens with two attached hydrogens (primary N) is 1. The van der Waals surface area contributed by atoms with Crippen molar-refractivity contribution in [2.75, 3.05) is 13.2 Å². The predicted octanol–water partition coefficient (Wildman–Crippen LogP) is -3.15. The van der Waals surface area contributed by atoms with Gasteiger partial charge in [-0.1, -0.05) is 0 Å². The summed E-state index contributed by atoms with van der Waals surface area (Å²) in [7, 11) is 0. The van der Waals surface area contributed by atoms with Crippen LogP contribution in [0.2, 0.25) is 0 Å². The highest BCUT2D eigenvalue weighted by molar-refractivity contribution is 5.95. The van der Waals surface area contributed by atoms with Crippen molar-refractivity contribution in [2.45, 2.75) is 50.4 Å². The van der Waals surface area contributed by atoms with Gasteiger partial charge in [-0.05, 0) is 19.8 Å². The highest BCUT2D eigenvalue weighted by Crippen LogP contribution is 2.19. The zero-order valence-corrected chi connectivity index (χ0v) is 14.8. The summed E-state index contributed by atoms with van der Waals surface area (Å²) in [6.07, 6.45) is 0.177. The molecule has 4 unspecified atom stereocenters. The monoisotopic (exact) mass is 388 g/mol. The van der Waals surface area contributed by atoms with Crippen molar-refractivity contribution >= 4 is 29.7 Å². The minimum absolute atomic E-state index is 0.205. The van der Waals surface area contributed by atoms with Gasteiger partial charge in [0.15, 0.2) is 0 Å². The Labute approximate surface area is 154 Å². The first-order valence-electron chi connectivity index (χ1n) is 8.30. The molecule has 1 heterocycles. The van der Waals surface area contributed by atoms with Crippen LogP contribution in [0.1, 0.15) is 26.2 Å². The van der Waals surface area contributed by atoms with Crippen LogP contribution in [0.15, 0.2) is 0 Å². The molecular weight excluding hydrogens is 364 g/mol. The molecule has 0 aliphatic carbocycles. The van der Waals surface area contributed by atoms with Crippen molar-refractivity contribution in [3.63, 3.8) is 0 Å². The number of aliphatic carboxylic acids is 2. The molecule has 0 spiro atoms. The van der Waals surface area contributed by atoms with Crippen LogP contribution in [0.5, 0.6) is 0 Å². The lowest BCUT2D eigenvalue weighted by Gasteiger charge is -2.27.